The van der Waals surface area contributed by atoms with Gasteiger partial charge < -0.3 is 0 Å². The second kappa shape index (κ2) is 13.8. The first-order valence-corrected chi connectivity index (χ1v) is 9.66. The van der Waals surface area contributed by atoms with E-state index in [9.17, 15) is 0 Å². The Morgan fingerprint density at radius 1 is 0.688 bits per heavy atom. The van der Waals surface area contributed by atoms with Crippen LogP contribution in [0.3, 0.4) is 0 Å². The van der Waals surface area contributed by atoms with E-state index < -0.39 is 0 Å². The van der Waals surface area contributed by atoms with Crippen LogP contribution in [0.5, 0.6) is 0 Å². The maximum absolute atomic E-state index is 2.36. The van der Waals surface area contributed by atoms with Gasteiger partial charge in [0.2, 0.25) is 0 Å². The third-order valence-electron chi connectivity index (χ3n) is 3.63. The molecule has 0 heterocycles. The highest BCUT2D eigenvalue weighted by atomic mass is 24.5. The van der Waals surface area contributed by atoms with Crippen LogP contribution >= 0.6 is 0 Å². The third kappa shape index (κ3) is 11.3. The van der Waals surface area contributed by atoms with Crippen molar-refractivity contribution in [2.24, 2.45) is 0 Å². The summed E-state index contributed by atoms with van der Waals surface area (Å²) in [5.41, 5.74) is 0. The Labute approximate surface area is 114 Å². The lowest BCUT2D eigenvalue weighted by molar-refractivity contribution is 0.567. The minimum Gasteiger partial charge on any atom is -0.145 e. The highest BCUT2D eigenvalue weighted by Gasteiger charge is 2.10. The Morgan fingerprint density at radius 2 is 1.38 bits per heavy atom. The number of rotatable bonds is 12. The molecule has 0 aromatic carbocycles. The molecular formula is C15H32Mg. The first-order valence-electron chi connectivity index (χ1n) is 7.85. The Kier molecular flexibility index (Phi) is 14.5. The second-order valence-electron chi connectivity index (χ2n) is 5.35. The largest absolute Gasteiger partial charge is 0.368 e. The molecule has 0 aliphatic rings. The topological polar surface area (TPSA) is 0 Å². The Bertz CT molecular complexity index is 123. The quantitative estimate of drug-likeness (QED) is 0.294. The Balaban J connectivity index is 3.43. The molecule has 0 bridgehead atoms. The molecule has 0 radical (unpaired) electrons. The summed E-state index contributed by atoms with van der Waals surface area (Å²) in [6.45, 7) is 6.99. The smallest absolute Gasteiger partial charge is 0.145 e. The van der Waals surface area contributed by atoms with E-state index in [1.54, 1.807) is 11.0 Å². The molecule has 16 heavy (non-hydrogen) atoms. The summed E-state index contributed by atoms with van der Waals surface area (Å²) >= 11 is 0.264. The van der Waals surface area contributed by atoms with Crippen molar-refractivity contribution in [2.45, 2.75) is 93.6 Å². The van der Waals surface area contributed by atoms with Crippen molar-refractivity contribution in [3.05, 3.63) is 0 Å². The van der Waals surface area contributed by atoms with Crippen molar-refractivity contribution in [3.63, 3.8) is 0 Å². The predicted molar refractivity (Wildman–Crippen MR) is 77.5 cm³/mol. The molecule has 0 spiro atoms. The van der Waals surface area contributed by atoms with E-state index in [0.29, 0.717) is 0 Å². The van der Waals surface area contributed by atoms with Gasteiger partial charge in [-0.2, -0.15) is 0 Å². The van der Waals surface area contributed by atoms with E-state index in [-0.39, 0.29) is 20.4 Å². The van der Waals surface area contributed by atoms with E-state index in [1.165, 1.54) is 61.8 Å². The van der Waals surface area contributed by atoms with Crippen molar-refractivity contribution in [1.82, 2.24) is 0 Å². The number of hydrogen-bond acceptors (Lipinski definition) is 0. The van der Waals surface area contributed by atoms with Gasteiger partial charge in [-0.15, -0.1) is 8.60 Å². The van der Waals surface area contributed by atoms with Crippen molar-refractivity contribution in [2.75, 3.05) is 0 Å². The van der Waals surface area contributed by atoms with E-state index in [0.717, 1.165) is 0 Å². The van der Waals surface area contributed by atoms with Crippen LogP contribution in [0.1, 0.15) is 85.0 Å². The lowest BCUT2D eigenvalue weighted by Crippen LogP contribution is -2.03. The molecule has 0 rings (SSSR count). The van der Waals surface area contributed by atoms with Crippen LogP contribution in [0.4, 0.5) is 0 Å². The van der Waals surface area contributed by atoms with E-state index in [4.69, 9.17) is 0 Å². The van der Waals surface area contributed by atoms with Crippen molar-refractivity contribution in [1.29, 1.82) is 0 Å². The van der Waals surface area contributed by atoms with Gasteiger partial charge in [0.25, 0.3) is 0 Å². The minimum atomic E-state index is 0.264. The third-order valence-corrected chi connectivity index (χ3v) is 6.17. The standard InChI is InChI=1S/C11H23.C4H9.Mg/c1-3-5-7-9-11-10-8-6-4-2;1-3-4-2;/h7H,3-6,8-11H2,1-2H3;1,3-4H2,2H3;. The van der Waals surface area contributed by atoms with Gasteiger partial charge in [-0.3, -0.25) is 0 Å². The molecule has 0 N–H and O–H groups in total. The molecule has 1 unspecified atom stereocenters. The van der Waals surface area contributed by atoms with E-state index in [1.807, 2.05) is 0 Å². The van der Waals surface area contributed by atoms with Gasteiger partial charge >= 0.3 is 20.4 Å². The molecule has 0 nitrogen and oxygen atoms in total. The van der Waals surface area contributed by atoms with Gasteiger partial charge in [0, 0.05) is 0 Å². The van der Waals surface area contributed by atoms with Gasteiger partial charge in [-0.25, -0.2) is 0 Å². The monoisotopic (exact) mass is 236 g/mol. The maximum Gasteiger partial charge on any atom is 0.368 e. The minimum absolute atomic E-state index is 0.264. The van der Waals surface area contributed by atoms with Gasteiger partial charge in [0.05, 0.1) is 0 Å². The SMILES string of the molecule is CCCCCCC[CH](CCC)[Mg][CH2]CCC. The average Bonchev–Trinajstić information content (AvgIpc) is 2.29. The van der Waals surface area contributed by atoms with Crippen LogP contribution in [0.25, 0.3) is 0 Å². The Morgan fingerprint density at radius 3 is 2.00 bits per heavy atom. The number of unbranched alkanes of at least 4 members (excludes halogenated alkanes) is 5. The first-order chi connectivity index (χ1) is 7.85. The summed E-state index contributed by atoms with van der Waals surface area (Å²) in [5.74, 6) is 0. The fourth-order valence-electron chi connectivity index (χ4n) is 2.56. The summed E-state index contributed by atoms with van der Waals surface area (Å²) in [7, 11) is 0. The Hall–Kier alpha value is 0.766. The van der Waals surface area contributed by atoms with Gasteiger partial charge in [0.15, 0.2) is 0 Å². The van der Waals surface area contributed by atoms with Crippen LogP contribution in [-0.2, 0) is 0 Å². The van der Waals surface area contributed by atoms with Crippen molar-refractivity contribution >= 4 is 20.4 Å². The highest BCUT2D eigenvalue weighted by molar-refractivity contribution is 6.37. The predicted octanol–water partition coefficient (Wildman–Crippen LogP) is 5.86. The molecule has 0 aliphatic heterocycles. The van der Waals surface area contributed by atoms with E-state index in [2.05, 4.69) is 20.8 Å². The lowest BCUT2D eigenvalue weighted by atomic mass is 10.1. The van der Waals surface area contributed by atoms with Crippen LogP contribution in [0.2, 0.25) is 8.60 Å². The van der Waals surface area contributed by atoms with Gasteiger partial charge in [-0.05, 0) is 0 Å². The van der Waals surface area contributed by atoms with Crippen molar-refractivity contribution < 1.29 is 0 Å². The van der Waals surface area contributed by atoms with Crippen LogP contribution < -0.4 is 0 Å². The molecule has 0 saturated heterocycles. The molecule has 0 aromatic heterocycles. The molecular weight excluding hydrogens is 204 g/mol. The molecule has 94 valence electrons. The molecule has 0 aromatic rings. The number of hydrogen-bond donors (Lipinski definition) is 0. The molecule has 0 saturated carbocycles. The molecule has 0 aliphatic carbocycles. The van der Waals surface area contributed by atoms with E-state index >= 15 is 0 Å². The zero-order valence-electron chi connectivity index (χ0n) is 12.1. The molecule has 1 atom stereocenters. The summed E-state index contributed by atoms with van der Waals surface area (Å²) < 4.78 is 2.79. The first kappa shape index (κ1) is 16.8. The summed E-state index contributed by atoms with van der Waals surface area (Å²) in [4.78, 5) is 0. The highest BCUT2D eigenvalue weighted by Crippen LogP contribution is 2.22. The maximum atomic E-state index is 2.36. The fourth-order valence-corrected chi connectivity index (χ4v) is 5.20. The summed E-state index contributed by atoms with van der Waals surface area (Å²) in [6, 6.07) is 0. The lowest BCUT2D eigenvalue weighted by Gasteiger charge is -2.14. The second-order valence-corrected chi connectivity index (χ2v) is 7.79. The summed E-state index contributed by atoms with van der Waals surface area (Å²) in [5, 5.41) is 0. The zero-order chi connectivity index (χ0) is 12.1. The normalized spacial score (nSPS) is 12.4. The van der Waals surface area contributed by atoms with Gasteiger partial charge in [-0.1, -0.05) is 85.0 Å². The fraction of sp³-hybridized carbons (Fsp3) is 1.00. The summed E-state index contributed by atoms with van der Waals surface area (Å²) in [6.07, 6.45) is 14.7. The van der Waals surface area contributed by atoms with Crippen LogP contribution in [0.15, 0.2) is 0 Å². The molecule has 0 amide bonds. The molecule has 1 heteroatoms. The zero-order valence-corrected chi connectivity index (χ0v) is 13.5. The molecule has 0 fully saturated rings. The van der Waals surface area contributed by atoms with Gasteiger partial charge in [0.1, 0.15) is 0 Å². The van der Waals surface area contributed by atoms with Crippen molar-refractivity contribution in [3.8, 4) is 0 Å². The average molecular weight is 237 g/mol. The van der Waals surface area contributed by atoms with Crippen LogP contribution in [-0.4, -0.2) is 20.4 Å². The van der Waals surface area contributed by atoms with Crippen LogP contribution in [0, 0.1) is 0 Å².